The molecular weight excluding hydrogens is 416 g/mol. The zero-order chi connectivity index (χ0) is 21.4. The summed E-state index contributed by atoms with van der Waals surface area (Å²) in [7, 11) is 1.87. The van der Waals surface area contributed by atoms with Crippen molar-refractivity contribution < 1.29 is 9.53 Å². The Bertz CT molecular complexity index is 1250. The highest BCUT2D eigenvalue weighted by molar-refractivity contribution is 6.31. The molecule has 5 rings (SSSR count). The van der Waals surface area contributed by atoms with Crippen LogP contribution in [0.4, 0.5) is 5.69 Å². The Hall–Kier alpha value is -3.39. The summed E-state index contributed by atoms with van der Waals surface area (Å²) in [4.78, 5) is 13.2. The van der Waals surface area contributed by atoms with Gasteiger partial charge in [-0.1, -0.05) is 30.2 Å². The first-order valence-corrected chi connectivity index (χ1v) is 10.5. The number of tetrazole rings is 1. The number of hydrogen-bond donors (Lipinski definition) is 2. The molecule has 2 aromatic carbocycles. The maximum absolute atomic E-state index is 13.2. The van der Waals surface area contributed by atoms with E-state index >= 15 is 0 Å². The quantitative estimate of drug-likeness (QED) is 0.465. The number of benzene rings is 2. The van der Waals surface area contributed by atoms with E-state index in [1.807, 2.05) is 35.9 Å². The number of para-hydroxylation sites is 1. The fraction of sp³-hybridized carbons (Fsp3) is 0.273. The lowest BCUT2D eigenvalue weighted by Gasteiger charge is -2.25. The minimum Gasteiger partial charge on any atom is -0.491 e. The molecule has 0 aliphatic heterocycles. The highest BCUT2D eigenvalue weighted by Crippen LogP contribution is 2.33. The van der Waals surface area contributed by atoms with Gasteiger partial charge in [0.2, 0.25) is 5.82 Å². The molecule has 1 aliphatic rings. The maximum Gasteiger partial charge on any atom is 0.272 e. The summed E-state index contributed by atoms with van der Waals surface area (Å²) in [6.45, 7) is 0.713. The van der Waals surface area contributed by atoms with Crippen LogP contribution in [0.5, 0.6) is 5.75 Å². The Labute approximate surface area is 183 Å². The van der Waals surface area contributed by atoms with E-state index in [9.17, 15) is 4.79 Å². The summed E-state index contributed by atoms with van der Waals surface area (Å²) in [5.74, 6) is 1.52. The molecule has 1 fully saturated rings. The van der Waals surface area contributed by atoms with Crippen molar-refractivity contribution in [3.63, 3.8) is 0 Å². The lowest BCUT2D eigenvalue weighted by molar-refractivity contribution is 0.101. The largest absolute Gasteiger partial charge is 0.491 e. The number of aryl methyl sites for hydroxylation is 1. The van der Waals surface area contributed by atoms with E-state index in [2.05, 4.69) is 25.9 Å². The number of aromatic nitrogens is 5. The van der Waals surface area contributed by atoms with Crippen molar-refractivity contribution in [2.24, 2.45) is 13.0 Å². The molecule has 0 spiro atoms. The van der Waals surface area contributed by atoms with E-state index in [-0.39, 0.29) is 5.91 Å². The van der Waals surface area contributed by atoms with Crippen LogP contribution in [-0.2, 0) is 7.05 Å². The van der Waals surface area contributed by atoms with Crippen LogP contribution in [0, 0.1) is 5.92 Å². The third-order valence-electron chi connectivity index (χ3n) is 5.77. The number of carbonyl (C=O) groups excluding carboxylic acids is 1. The van der Waals surface area contributed by atoms with Gasteiger partial charge in [-0.2, -0.15) is 5.21 Å². The predicted octanol–water partition coefficient (Wildman–Crippen LogP) is 4.44. The van der Waals surface area contributed by atoms with Crippen molar-refractivity contribution in [1.29, 1.82) is 0 Å². The van der Waals surface area contributed by atoms with E-state index in [1.165, 1.54) is 19.3 Å². The predicted molar refractivity (Wildman–Crippen MR) is 118 cm³/mol. The summed E-state index contributed by atoms with van der Waals surface area (Å²) in [5, 5.41) is 18.4. The van der Waals surface area contributed by atoms with Crippen molar-refractivity contribution in [3.05, 3.63) is 53.2 Å². The van der Waals surface area contributed by atoms with Crippen molar-refractivity contribution in [2.75, 3.05) is 11.9 Å². The number of anilines is 1. The molecule has 0 atom stereocenters. The molecule has 2 heterocycles. The summed E-state index contributed by atoms with van der Waals surface area (Å²) in [5.41, 5.74) is 2.55. The molecule has 0 bridgehead atoms. The third-order valence-corrected chi connectivity index (χ3v) is 6.00. The number of halogens is 1. The molecule has 158 valence electrons. The molecule has 2 N–H and O–H groups in total. The van der Waals surface area contributed by atoms with Crippen LogP contribution in [-0.4, -0.2) is 37.7 Å². The number of carbonyl (C=O) groups is 1. The second-order valence-corrected chi connectivity index (χ2v) is 8.21. The van der Waals surface area contributed by atoms with Gasteiger partial charge in [-0.05, 0) is 54.3 Å². The van der Waals surface area contributed by atoms with Crippen molar-refractivity contribution >= 4 is 34.1 Å². The number of amides is 1. The van der Waals surface area contributed by atoms with Gasteiger partial charge in [0.15, 0.2) is 0 Å². The van der Waals surface area contributed by atoms with Gasteiger partial charge in [-0.15, -0.1) is 10.2 Å². The van der Waals surface area contributed by atoms with Gasteiger partial charge in [0.25, 0.3) is 5.91 Å². The van der Waals surface area contributed by atoms with E-state index < -0.39 is 0 Å². The minimum atomic E-state index is -0.254. The minimum absolute atomic E-state index is 0.254. The summed E-state index contributed by atoms with van der Waals surface area (Å²) in [6.07, 6.45) is 3.73. The molecule has 31 heavy (non-hydrogen) atoms. The number of nitrogens with zero attached hydrogens (tertiary/aromatic N) is 4. The molecule has 8 nitrogen and oxygen atoms in total. The molecule has 9 heteroatoms. The average Bonchev–Trinajstić information content (AvgIpc) is 3.37. The molecule has 2 aromatic heterocycles. The number of rotatable bonds is 6. The van der Waals surface area contributed by atoms with E-state index in [0.717, 1.165) is 16.7 Å². The summed E-state index contributed by atoms with van der Waals surface area (Å²) >= 11 is 6.13. The average molecular weight is 437 g/mol. The van der Waals surface area contributed by atoms with Gasteiger partial charge in [0.1, 0.15) is 11.4 Å². The first-order valence-electron chi connectivity index (χ1n) is 10.2. The van der Waals surface area contributed by atoms with Crippen LogP contribution < -0.4 is 10.1 Å². The van der Waals surface area contributed by atoms with Crippen molar-refractivity contribution in [3.8, 4) is 17.1 Å². The molecule has 1 aliphatic carbocycles. The first-order chi connectivity index (χ1) is 15.1. The van der Waals surface area contributed by atoms with Gasteiger partial charge < -0.3 is 14.6 Å². The first kappa shape index (κ1) is 19.6. The second-order valence-electron chi connectivity index (χ2n) is 7.77. The molecule has 1 amide bonds. The van der Waals surface area contributed by atoms with E-state index in [0.29, 0.717) is 40.3 Å². The zero-order valence-electron chi connectivity index (χ0n) is 16.9. The van der Waals surface area contributed by atoms with Gasteiger partial charge in [0, 0.05) is 23.0 Å². The van der Waals surface area contributed by atoms with Crippen LogP contribution in [0.3, 0.4) is 0 Å². The smallest absolute Gasteiger partial charge is 0.272 e. The fourth-order valence-electron chi connectivity index (χ4n) is 3.85. The Morgan fingerprint density at radius 1 is 1.29 bits per heavy atom. The standard InChI is InChI=1S/C22H21ClN6O2/c1-29-18(10-14-6-3-7-19(20(14)29)31-12-13-4-2-5-13)22(30)24-17-9-8-15(23)11-16(17)21-25-27-28-26-21/h3,6-11,13H,2,4-5,12H2,1H3,(H,24,30)(H,25,26,27,28). The number of hydrogen-bond acceptors (Lipinski definition) is 5. The highest BCUT2D eigenvalue weighted by atomic mass is 35.5. The van der Waals surface area contributed by atoms with Crippen molar-refractivity contribution in [1.82, 2.24) is 25.2 Å². The topological polar surface area (TPSA) is 97.7 Å². The highest BCUT2D eigenvalue weighted by Gasteiger charge is 2.21. The third kappa shape index (κ3) is 3.74. The molecule has 4 aromatic rings. The summed E-state index contributed by atoms with van der Waals surface area (Å²) in [6, 6.07) is 12.9. The Kier molecular flexibility index (Phi) is 5.07. The normalized spacial score (nSPS) is 13.9. The lowest BCUT2D eigenvalue weighted by Crippen LogP contribution is -2.19. The second kappa shape index (κ2) is 8.03. The monoisotopic (exact) mass is 436 g/mol. The van der Waals surface area contributed by atoms with Gasteiger partial charge in [-0.25, -0.2) is 0 Å². The maximum atomic E-state index is 13.2. The number of ether oxygens (including phenoxy) is 1. The number of fused-ring (bicyclic) bond motifs is 1. The fourth-order valence-corrected chi connectivity index (χ4v) is 4.03. The number of H-pyrrole nitrogens is 1. The summed E-state index contributed by atoms with van der Waals surface area (Å²) < 4.78 is 7.97. The van der Waals surface area contributed by atoms with Crippen LogP contribution in [0.15, 0.2) is 42.5 Å². The van der Waals surface area contributed by atoms with Crippen molar-refractivity contribution in [2.45, 2.75) is 19.3 Å². The van der Waals surface area contributed by atoms with E-state index in [4.69, 9.17) is 16.3 Å². The van der Waals surface area contributed by atoms with E-state index in [1.54, 1.807) is 18.2 Å². The number of nitrogens with one attached hydrogen (secondary N) is 2. The zero-order valence-corrected chi connectivity index (χ0v) is 17.7. The Balaban J connectivity index is 1.45. The molecular formula is C22H21ClN6O2. The van der Waals surface area contributed by atoms with Crippen LogP contribution in [0.2, 0.25) is 5.02 Å². The van der Waals surface area contributed by atoms with Gasteiger partial charge in [-0.3, -0.25) is 4.79 Å². The van der Waals surface area contributed by atoms with Crippen LogP contribution >= 0.6 is 11.6 Å². The lowest BCUT2D eigenvalue weighted by atomic mass is 9.86. The SMILES string of the molecule is Cn1c(C(=O)Nc2ccc(Cl)cc2-c2nn[nH]n2)cc2cccc(OCC3CCC3)c21. The van der Waals surface area contributed by atoms with Gasteiger partial charge in [0.05, 0.1) is 17.8 Å². The molecule has 0 radical (unpaired) electrons. The molecule has 0 unspecified atom stereocenters. The van der Waals surface area contributed by atoms with Gasteiger partial charge >= 0.3 is 0 Å². The Morgan fingerprint density at radius 3 is 2.90 bits per heavy atom. The Morgan fingerprint density at radius 2 is 2.16 bits per heavy atom. The number of aromatic amines is 1. The van der Waals surface area contributed by atoms with Crippen LogP contribution in [0.1, 0.15) is 29.8 Å². The van der Waals surface area contributed by atoms with Crippen LogP contribution in [0.25, 0.3) is 22.3 Å². The molecule has 1 saturated carbocycles. The molecule has 0 saturated heterocycles.